The number of aromatic nitrogens is 5. The molecule has 3 rings (SSSR count). The summed E-state index contributed by atoms with van der Waals surface area (Å²) >= 11 is 8.99. The molecule has 25 heavy (non-hydrogen) atoms. The summed E-state index contributed by atoms with van der Waals surface area (Å²) in [6, 6.07) is 7.68. The van der Waals surface area contributed by atoms with E-state index in [0.717, 1.165) is 36.0 Å². The van der Waals surface area contributed by atoms with Gasteiger partial charge in [0.2, 0.25) is 5.82 Å². The molecule has 140 valence electrons. The standard InChI is InChI=1S/C15H17N5O.Au.3BrH/c1-3-4-7-11-10-20(19-18-11)14-15(21-2)17-13-9-6-5-8-12(13)16-14;;;;/h5-6,8-10H,3-4,7H2,1-2H3;;3*1H/q;+3;;;/p-3. The topological polar surface area (TPSA) is 65.7 Å². The van der Waals surface area contributed by atoms with Gasteiger partial charge in [-0.1, -0.05) is 30.7 Å². The second-order valence-corrected chi connectivity index (χ2v) is 33.4. The van der Waals surface area contributed by atoms with Crippen molar-refractivity contribution in [2.45, 2.75) is 26.2 Å². The van der Waals surface area contributed by atoms with E-state index in [2.05, 4.69) is 66.3 Å². The number of nitrogens with zero attached hydrogens (tertiary/aromatic N) is 5. The van der Waals surface area contributed by atoms with Crippen molar-refractivity contribution in [3.05, 3.63) is 36.2 Å². The van der Waals surface area contributed by atoms with Gasteiger partial charge < -0.3 is 4.74 Å². The number of unbranched alkanes of at least 4 members (excludes halogenated alkanes) is 1. The Labute approximate surface area is 171 Å². The van der Waals surface area contributed by atoms with Crippen LogP contribution in [0.2, 0.25) is 0 Å². The number of aryl methyl sites for hydroxylation is 1. The van der Waals surface area contributed by atoms with Gasteiger partial charge in [-0.25, -0.2) is 9.97 Å². The zero-order valence-electron chi connectivity index (χ0n) is 13.6. The Balaban J connectivity index is 0.000000511. The Morgan fingerprint density at radius 2 is 1.76 bits per heavy atom. The fourth-order valence-corrected chi connectivity index (χ4v) is 2.14. The molecule has 10 heteroatoms. The zero-order chi connectivity index (χ0) is 18.2. The summed E-state index contributed by atoms with van der Waals surface area (Å²) in [5.41, 5.74) is 2.55. The van der Waals surface area contributed by atoms with Crippen LogP contribution in [0.1, 0.15) is 25.5 Å². The SMILES string of the molecule is CCCCc1cn(-c2nc3ccccc3nc2OC)nn1.[Br][Au]([Br])[Br]. The summed E-state index contributed by atoms with van der Waals surface area (Å²) < 4.78 is 6.96. The number of para-hydroxylation sites is 2. The van der Waals surface area contributed by atoms with E-state index in [1.54, 1.807) is 11.8 Å². The van der Waals surface area contributed by atoms with Crippen LogP contribution in [0.15, 0.2) is 30.5 Å². The molecule has 3 aromatic rings. The van der Waals surface area contributed by atoms with E-state index in [9.17, 15) is 0 Å². The number of hydrogen-bond acceptors (Lipinski definition) is 5. The monoisotopic (exact) mass is 717 g/mol. The number of fused-ring (bicyclic) bond motifs is 1. The summed E-state index contributed by atoms with van der Waals surface area (Å²) in [6.45, 7) is 2.16. The van der Waals surface area contributed by atoms with Crippen molar-refractivity contribution in [2.75, 3.05) is 7.11 Å². The van der Waals surface area contributed by atoms with Crippen molar-refractivity contribution in [2.24, 2.45) is 0 Å². The van der Waals surface area contributed by atoms with Gasteiger partial charge in [-0.05, 0) is 25.0 Å². The van der Waals surface area contributed by atoms with Crippen LogP contribution >= 0.6 is 39.1 Å². The zero-order valence-corrected chi connectivity index (χ0v) is 20.5. The van der Waals surface area contributed by atoms with E-state index < -0.39 is 12.0 Å². The molecule has 0 saturated heterocycles. The molecule has 6 nitrogen and oxygen atoms in total. The molecule has 0 bridgehead atoms. The average Bonchev–Trinajstić information content (AvgIpc) is 3.07. The molecule has 2 heterocycles. The third-order valence-electron chi connectivity index (χ3n) is 3.26. The van der Waals surface area contributed by atoms with Gasteiger partial charge in [-0.2, -0.15) is 4.68 Å². The van der Waals surface area contributed by atoms with E-state index in [0.29, 0.717) is 11.7 Å². The Morgan fingerprint density at radius 1 is 1.12 bits per heavy atom. The van der Waals surface area contributed by atoms with Gasteiger partial charge in [0.05, 0.1) is 30.0 Å². The van der Waals surface area contributed by atoms with Gasteiger partial charge >= 0.3 is 51.1 Å². The number of ether oxygens (including phenoxy) is 1. The first-order valence-corrected chi connectivity index (χ1v) is 21.6. The van der Waals surface area contributed by atoms with E-state index in [1.165, 1.54) is 0 Å². The molecule has 2 aromatic heterocycles. The second kappa shape index (κ2) is 10.7. The van der Waals surface area contributed by atoms with Crippen molar-refractivity contribution in [3.63, 3.8) is 0 Å². The fraction of sp³-hybridized carbons (Fsp3) is 0.333. The van der Waals surface area contributed by atoms with Crippen LogP contribution in [0.3, 0.4) is 0 Å². The van der Waals surface area contributed by atoms with Crippen molar-refractivity contribution in [3.8, 4) is 11.7 Å². The molecular weight excluding hydrogens is 703 g/mol. The molecule has 0 atom stereocenters. The summed E-state index contributed by atoms with van der Waals surface area (Å²) in [5, 5.41) is 8.31. The van der Waals surface area contributed by atoms with E-state index in [1.807, 2.05) is 30.5 Å². The van der Waals surface area contributed by atoms with E-state index >= 15 is 0 Å². The molecule has 0 amide bonds. The first kappa shape index (κ1) is 21.0. The van der Waals surface area contributed by atoms with Crippen molar-refractivity contribution in [1.82, 2.24) is 25.0 Å². The van der Waals surface area contributed by atoms with Crippen LogP contribution in [0, 0.1) is 0 Å². The Hall–Kier alpha value is -0.320. The van der Waals surface area contributed by atoms with Crippen molar-refractivity contribution in [1.29, 1.82) is 0 Å². The van der Waals surface area contributed by atoms with Gasteiger partial charge in [0.25, 0.3) is 5.88 Å². The summed E-state index contributed by atoms with van der Waals surface area (Å²) in [4.78, 5) is 9.05. The number of halogens is 3. The molecule has 0 fully saturated rings. The number of methoxy groups -OCH3 is 1. The van der Waals surface area contributed by atoms with E-state index in [-0.39, 0.29) is 0 Å². The molecule has 0 radical (unpaired) electrons. The minimum absolute atomic E-state index is 0.445. The third kappa shape index (κ3) is 6.41. The van der Waals surface area contributed by atoms with Crippen LogP contribution in [-0.2, 0) is 18.5 Å². The van der Waals surface area contributed by atoms with E-state index in [4.69, 9.17) is 4.74 Å². The Bertz CT molecular complexity index is 812. The second-order valence-electron chi connectivity index (χ2n) is 4.93. The normalized spacial score (nSPS) is 11.0. The van der Waals surface area contributed by atoms with Crippen LogP contribution in [0.25, 0.3) is 16.9 Å². The number of benzene rings is 1. The van der Waals surface area contributed by atoms with Gasteiger partial charge in [0.1, 0.15) is 0 Å². The molecule has 0 aliphatic carbocycles. The molecule has 0 saturated carbocycles. The number of hydrogen-bond donors (Lipinski definition) is 0. The predicted octanol–water partition coefficient (Wildman–Crippen LogP) is 5.10. The van der Waals surface area contributed by atoms with Crippen molar-refractivity contribution < 1.29 is 16.8 Å². The minimum atomic E-state index is -0.766. The maximum atomic E-state index is 5.34. The third-order valence-corrected chi connectivity index (χ3v) is 3.26. The molecule has 0 spiro atoms. The Kier molecular flexibility index (Phi) is 9.01. The molecular formula is C15H17AuBr3N5O. The van der Waals surface area contributed by atoms with Crippen LogP contribution < -0.4 is 4.74 Å². The predicted molar refractivity (Wildman–Crippen MR) is 106 cm³/mol. The quantitative estimate of drug-likeness (QED) is 0.344. The molecule has 0 aliphatic heterocycles. The maximum absolute atomic E-state index is 5.34. The fourth-order valence-electron chi connectivity index (χ4n) is 2.14. The van der Waals surface area contributed by atoms with Crippen LogP contribution in [-0.4, -0.2) is 32.1 Å². The summed E-state index contributed by atoms with van der Waals surface area (Å²) in [5.74, 6) is 1.01. The summed E-state index contributed by atoms with van der Waals surface area (Å²) in [6.07, 6.45) is 5.03. The molecule has 0 N–H and O–H groups in total. The Morgan fingerprint density at radius 3 is 2.36 bits per heavy atom. The first-order valence-electron chi connectivity index (χ1n) is 7.38. The van der Waals surface area contributed by atoms with Gasteiger partial charge in [0.15, 0.2) is 0 Å². The van der Waals surface area contributed by atoms with Gasteiger partial charge in [0, 0.05) is 0 Å². The van der Waals surface area contributed by atoms with Crippen molar-refractivity contribution >= 4 is 50.1 Å². The molecule has 0 unspecified atom stereocenters. The van der Waals surface area contributed by atoms with Crippen LogP contribution in [0.5, 0.6) is 5.88 Å². The molecule has 0 aliphatic rings. The number of rotatable bonds is 5. The van der Waals surface area contributed by atoms with Gasteiger partial charge in [-0.15, -0.1) is 5.10 Å². The summed E-state index contributed by atoms with van der Waals surface area (Å²) in [7, 11) is 1.58. The first-order chi connectivity index (χ1) is 12.0. The van der Waals surface area contributed by atoms with Gasteiger partial charge in [-0.3, -0.25) is 0 Å². The van der Waals surface area contributed by atoms with Crippen LogP contribution in [0.4, 0.5) is 0 Å². The molecule has 1 aromatic carbocycles. The average molecular weight is 720 g/mol.